The molecule has 2 rings (SSSR count). The average molecular weight is 259 g/mol. The lowest BCUT2D eigenvalue weighted by molar-refractivity contribution is 0.0949. The highest BCUT2D eigenvalue weighted by atomic mass is 16.5. The van der Waals surface area contributed by atoms with Crippen LogP contribution in [0.1, 0.15) is 47.4 Å². The van der Waals surface area contributed by atoms with E-state index in [1.165, 1.54) is 0 Å². The zero-order valence-corrected chi connectivity index (χ0v) is 11.3. The third-order valence-electron chi connectivity index (χ3n) is 2.70. The summed E-state index contributed by atoms with van der Waals surface area (Å²) in [7, 11) is 0. The maximum Gasteiger partial charge on any atom is 0.251 e. The molecule has 0 spiro atoms. The predicted octanol–water partition coefficient (Wildman–Crippen LogP) is 2.43. The second-order valence-electron chi connectivity index (χ2n) is 4.75. The molecule has 5 heteroatoms. The molecule has 0 aliphatic rings. The van der Waals surface area contributed by atoms with Crippen molar-refractivity contribution >= 4 is 5.91 Å². The topological polar surface area (TPSA) is 68.0 Å². The van der Waals surface area contributed by atoms with Crippen molar-refractivity contribution in [3.05, 3.63) is 47.1 Å². The van der Waals surface area contributed by atoms with Gasteiger partial charge in [0.2, 0.25) is 5.89 Å². The van der Waals surface area contributed by atoms with Gasteiger partial charge in [-0.2, -0.15) is 4.98 Å². The number of aryl methyl sites for hydroxylation is 1. The number of rotatable bonds is 4. The molecule has 0 saturated heterocycles. The Kier molecular flexibility index (Phi) is 3.94. The van der Waals surface area contributed by atoms with Gasteiger partial charge in [-0.15, -0.1) is 0 Å². The molecule has 0 saturated carbocycles. The van der Waals surface area contributed by atoms with Crippen LogP contribution in [0, 0.1) is 6.92 Å². The first-order valence-electron chi connectivity index (χ1n) is 6.23. The fourth-order valence-electron chi connectivity index (χ4n) is 1.54. The van der Waals surface area contributed by atoms with E-state index in [4.69, 9.17) is 4.52 Å². The maximum atomic E-state index is 11.9. The zero-order valence-electron chi connectivity index (χ0n) is 11.3. The van der Waals surface area contributed by atoms with Crippen molar-refractivity contribution in [1.29, 1.82) is 0 Å². The van der Waals surface area contributed by atoms with Gasteiger partial charge in [0.15, 0.2) is 5.82 Å². The van der Waals surface area contributed by atoms with Crippen LogP contribution in [0.25, 0.3) is 0 Å². The van der Waals surface area contributed by atoms with E-state index in [1.54, 1.807) is 12.1 Å². The van der Waals surface area contributed by atoms with E-state index in [-0.39, 0.29) is 18.4 Å². The lowest BCUT2D eigenvalue weighted by atomic mass is 10.1. The molecule has 1 N–H and O–H groups in total. The van der Waals surface area contributed by atoms with Gasteiger partial charge >= 0.3 is 0 Å². The summed E-state index contributed by atoms with van der Waals surface area (Å²) in [6.07, 6.45) is 0. The van der Waals surface area contributed by atoms with Crippen LogP contribution in [0.15, 0.2) is 28.8 Å². The van der Waals surface area contributed by atoms with Gasteiger partial charge < -0.3 is 9.84 Å². The number of carbonyl (C=O) groups is 1. The molecule has 0 aliphatic heterocycles. The summed E-state index contributed by atoms with van der Waals surface area (Å²) >= 11 is 0. The molecule has 1 aromatic carbocycles. The van der Waals surface area contributed by atoms with E-state index in [1.807, 2.05) is 32.9 Å². The minimum absolute atomic E-state index is 0.143. The number of amides is 1. The summed E-state index contributed by atoms with van der Waals surface area (Å²) in [6.45, 7) is 6.20. The van der Waals surface area contributed by atoms with Crippen molar-refractivity contribution in [1.82, 2.24) is 15.5 Å². The van der Waals surface area contributed by atoms with Crippen LogP contribution < -0.4 is 5.32 Å². The summed E-state index contributed by atoms with van der Waals surface area (Å²) in [5.74, 6) is 1.12. The van der Waals surface area contributed by atoms with E-state index in [9.17, 15) is 4.79 Å². The van der Waals surface area contributed by atoms with Crippen LogP contribution in [0.4, 0.5) is 0 Å². The maximum absolute atomic E-state index is 11.9. The molecule has 0 unspecified atom stereocenters. The summed E-state index contributed by atoms with van der Waals surface area (Å²) in [5, 5.41) is 6.58. The molecule has 19 heavy (non-hydrogen) atoms. The second-order valence-corrected chi connectivity index (χ2v) is 4.75. The molecular formula is C14H17N3O2. The number of nitrogens with one attached hydrogen (secondary N) is 1. The largest absolute Gasteiger partial charge is 0.345 e. The summed E-state index contributed by atoms with van der Waals surface area (Å²) in [6, 6.07) is 7.39. The first-order chi connectivity index (χ1) is 9.06. The third-order valence-corrected chi connectivity index (χ3v) is 2.70. The highest BCUT2D eigenvalue weighted by Crippen LogP contribution is 2.10. The molecule has 0 radical (unpaired) electrons. The Hall–Kier alpha value is -2.17. The fourth-order valence-corrected chi connectivity index (χ4v) is 1.54. The predicted molar refractivity (Wildman–Crippen MR) is 70.7 cm³/mol. The van der Waals surface area contributed by atoms with Crippen molar-refractivity contribution in [3.63, 3.8) is 0 Å². The molecule has 100 valence electrons. The van der Waals surface area contributed by atoms with E-state index in [2.05, 4.69) is 15.5 Å². The Balaban J connectivity index is 1.94. The highest BCUT2D eigenvalue weighted by Gasteiger charge is 2.11. The molecule has 1 heterocycles. The Morgan fingerprint density at radius 1 is 1.32 bits per heavy atom. The van der Waals surface area contributed by atoms with Crippen LogP contribution in [0.5, 0.6) is 0 Å². The van der Waals surface area contributed by atoms with Crippen LogP contribution in [-0.4, -0.2) is 16.0 Å². The molecular weight excluding hydrogens is 242 g/mol. The van der Waals surface area contributed by atoms with Crippen molar-refractivity contribution in [2.45, 2.75) is 33.2 Å². The monoisotopic (exact) mass is 259 g/mol. The van der Waals surface area contributed by atoms with Gasteiger partial charge in [-0.05, 0) is 19.1 Å². The molecule has 0 aliphatic carbocycles. The van der Waals surface area contributed by atoms with Crippen LogP contribution >= 0.6 is 0 Å². The Morgan fingerprint density at radius 3 is 2.58 bits per heavy atom. The average Bonchev–Trinajstić information content (AvgIpc) is 2.86. The van der Waals surface area contributed by atoms with Crippen molar-refractivity contribution < 1.29 is 9.32 Å². The minimum atomic E-state index is -0.143. The fraction of sp³-hybridized carbons (Fsp3) is 0.357. The summed E-state index contributed by atoms with van der Waals surface area (Å²) in [5.41, 5.74) is 1.74. The van der Waals surface area contributed by atoms with E-state index >= 15 is 0 Å². The standard InChI is InChI=1S/C14H17N3O2/c1-9(2)14-16-12(17-19-14)8-15-13(18)11-6-4-10(3)5-7-11/h4-7,9H,8H2,1-3H3,(H,15,18). The number of hydrogen-bond acceptors (Lipinski definition) is 4. The summed E-state index contributed by atoms with van der Waals surface area (Å²) in [4.78, 5) is 16.1. The zero-order chi connectivity index (χ0) is 13.8. The lowest BCUT2D eigenvalue weighted by Crippen LogP contribution is -2.23. The Labute approximate surface area is 112 Å². The van der Waals surface area contributed by atoms with E-state index in [0.29, 0.717) is 17.3 Å². The molecule has 0 fully saturated rings. The van der Waals surface area contributed by atoms with Crippen LogP contribution in [0.3, 0.4) is 0 Å². The first-order valence-corrected chi connectivity index (χ1v) is 6.23. The van der Waals surface area contributed by atoms with Gasteiger partial charge in [0.1, 0.15) is 0 Å². The van der Waals surface area contributed by atoms with Crippen LogP contribution in [-0.2, 0) is 6.54 Å². The molecule has 1 amide bonds. The number of carbonyl (C=O) groups excluding carboxylic acids is 1. The molecule has 2 aromatic rings. The smallest absolute Gasteiger partial charge is 0.251 e. The van der Waals surface area contributed by atoms with Gasteiger partial charge in [-0.25, -0.2) is 0 Å². The van der Waals surface area contributed by atoms with Crippen LogP contribution in [0.2, 0.25) is 0 Å². The number of aromatic nitrogens is 2. The third kappa shape index (κ3) is 3.40. The normalized spacial score (nSPS) is 10.7. The highest BCUT2D eigenvalue weighted by molar-refractivity contribution is 5.94. The SMILES string of the molecule is Cc1ccc(C(=O)NCc2noc(C(C)C)n2)cc1. The van der Waals surface area contributed by atoms with Gasteiger partial charge in [0, 0.05) is 11.5 Å². The molecule has 1 aromatic heterocycles. The lowest BCUT2D eigenvalue weighted by Gasteiger charge is -2.02. The van der Waals surface area contributed by atoms with Gasteiger partial charge in [0.25, 0.3) is 5.91 Å². The van der Waals surface area contributed by atoms with Gasteiger partial charge in [-0.1, -0.05) is 36.7 Å². The molecule has 0 atom stereocenters. The van der Waals surface area contributed by atoms with Crippen molar-refractivity contribution in [2.75, 3.05) is 0 Å². The quantitative estimate of drug-likeness (QED) is 0.915. The van der Waals surface area contributed by atoms with Crippen molar-refractivity contribution in [2.24, 2.45) is 0 Å². The number of nitrogens with zero attached hydrogens (tertiary/aromatic N) is 2. The first kappa shape index (κ1) is 13.3. The Morgan fingerprint density at radius 2 is 2.00 bits per heavy atom. The number of hydrogen-bond donors (Lipinski definition) is 1. The van der Waals surface area contributed by atoms with E-state index < -0.39 is 0 Å². The summed E-state index contributed by atoms with van der Waals surface area (Å²) < 4.78 is 5.07. The van der Waals surface area contributed by atoms with Crippen molar-refractivity contribution in [3.8, 4) is 0 Å². The van der Waals surface area contributed by atoms with E-state index in [0.717, 1.165) is 5.56 Å². The number of benzene rings is 1. The Bertz CT molecular complexity index is 558. The van der Waals surface area contributed by atoms with Gasteiger partial charge in [0.05, 0.1) is 6.54 Å². The minimum Gasteiger partial charge on any atom is -0.345 e. The van der Waals surface area contributed by atoms with Gasteiger partial charge in [-0.3, -0.25) is 4.79 Å². The molecule has 5 nitrogen and oxygen atoms in total. The molecule has 0 bridgehead atoms. The second kappa shape index (κ2) is 5.65.